The van der Waals surface area contributed by atoms with Crippen molar-refractivity contribution in [1.82, 2.24) is 0 Å². The first-order valence-electron chi connectivity index (χ1n) is 5.26. The molecule has 86 valence electrons. The van der Waals surface area contributed by atoms with E-state index in [2.05, 4.69) is 19.1 Å². The highest BCUT2D eigenvalue weighted by Gasteiger charge is 2.13. The molecule has 0 bridgehead atoms. The molecule has 0 aromatic carbocycles. The van der Waals surface area contributed by atoms with Crippen LogP contribution in [0, 0.1) is 0 Å². The van der Waals surface area contributed by atoms with Crippen LogP contribution in [-0.2, 0) is 12.8 Å². The average Bonchev–Trinajstić information content (AvgIpc) is 2.86. The van der Waals surface area contributed by atoms with Gasteiger partial charge in [-0.2, -0.15) is 0 Å². The smallest absolute Gasteiger partial charge is 0.0561 e. The molecule has 2 aromatic rings. The maximum Gasteiger partial charge on any atom is 0.0561 e. The van der Waals surface area contributed by atoms with Crippen molar-refractivity contribution in [2.45, 2.75) is 25.8 Å². The minimum Gasteiger partial charge on any atom is -0.323 e. The van der Waals surface area contributed by atoms with Crippen molar-refractivity contribution in [3.05, 3.63) is 43.2 Å². The number of nitrogens with two attached hydrogens (primary N) is 1. The summed E-state index contributed by atoms with van der Waals surface area (Å²) in [7, 11) is 0. The number of aryl methyl sites for hydroxylation is 1. The Kier molecular flexibility index (Phi) is 4.03. The van der Waals surface area contributed by atoms with E-state index in [1.165, 1.54) is 9.75 Å². The number of hydrogen-bond acceptors (Lipinski definition) is 3. The number of halogens is 1. The zero-order valence-electron chi connectivity index (χ0n) is 9.07. The number of thiophene rings is 2. The molecule has 0 aliphatic heterocycles. The van der Waals surface area contributed by atoms with E-state index >= 15 is 0 Å². The van der Waals surface area contributed by atoms with E-state index in [-0.39, 0.29) is 6.04 Å². The highest BCUT2D eigenvalue weighted by Crippen LogP contribution is 2.30. The summed E-state index contributed by atoms with van der Waals surface area (Å²) in [6.07, 6.45) is 1.98. The second kappa shape index (κ2) is 5.32. The van der Waals surface area contributed by atoms with Crippen LogP contribution in [0.25, 0.3) is 0 Å². The Balaban J connectivity index is 2.07. The van der Waals surface area contributed by atoms with Gasteiger partial charge in [0.25, 0.3) is 0 Å². The van der Waals surface area contributed by atoms with Crippen LogP contribution >= 0.6 is 34.3 Å². The molecule has 2 aromatic heterocycles. The predicted octanol–water partition coefficient (Wildman–Crippen LogP) is 4.27. The molecule has 1 atom stereocenters. The van der Waals surface area contributed by atoms with Crippen molar-refractivity contribution in [2.75, 3.05) is 0 Å². The van der Waals surface area contributed by atoms with Crippen LogP contribution in [0.1, 0.15) is 27.6 Å². The van der Waals surface area contributed by atoms with Crippen LogP contribution in [-0.4, -0.2) is 0 Å². The van der Waals surface area contributed by atoms with Crippen molar-refractivity contribution < 1.29 is 0 Å². The summed E-state index contributed by atoms with van der Waals surface area (Å²) in [5, 5.41) is 2.79. The Bertz CT molecular complexity index is 461. The van der Waals surface area contributed by atoms with Gasteiger partial charge in [-0.3, -0.25) is 0 Å². The van der Waals surface area contributed by atoms with Gasteiger partial charge in [-0.25, -0.2) is 0 Å². The van der Waals surface area contributed by atoms with Crippen LogP contribution in [0.2, 0.25) is 5.02 Å². The van der Waals surface area contributed by atoms with Gasteiger partial charge in [-0.15, -0.1) is 22.7 Å². The fourth-order valence-corrected chi connectivity index (χ4v) is 3.82. The van der Waals surface area contributed by atoms with Gasteiger partial charge >= 0.3 is 0 Å². The van der Waals surface area contributed by atoms with Crippen molar-refractivity contribution in [2.24, 2.45) is 5.73 Å². The van der Waals surface area contributed by atoms with Gasteiger partial charge < -0.3 is 5.73 Å². The lowest BCUT2D eigenvalue weighted by Crippen LogP contribution is -2.11. The van der Waals surface area contributed by atoms with Gasteiger partial charge in [-0.1, -0.05) is 18.5 Å². The topological polar surface area (TPSA) is 26.0 Å². The van der Waals surface area contributed by atoms with E-state index in [0.29, 0.717) is 0 Å². The fourth-order valence-electron chi connectivity index (χ4n) is 1.60. The van der Waals surface area contributed by atoms with Crippen LogP contribution < -0.4 is 5.73 Å². The zero-order chi connectivity index (χ0) is 11.5. The Labute approximate surface area is 109 Å². The van der Waals surface area contributed by atoms with Gasteiger partial charge in [0.2, 0.25) is 0 Å². The third-order valence-electron chi connectivity index (χ3n) is 2.47. The van der Waals surface area contributed by atoms with E-state index in [0.717, 1.165) is 22.7 Å². The Morgan fingerprint density at radius 2 is 2.06 bits per heavy atom. The molecule has 0 amide bonds. The molecule has 0 radical (unpaired) electrons. The first kappa shape index (κ1) is 12.1. The monoisotopic (exact) mass is 271 g/mol. The second-order valence-corrected chi connectivity index (χ2v) is 6.27. The van der Waals surface area contributed by atoms with E-state index in [9.17, 15) is 0 Å². The Morgan fingerprint density at radius 1 is 1.31 bits per heavy atom. The molecule has 0 aliphatic carbocycles. The SMILES string of the molecule is CCc1ccc(CC(N)c2sccc2Cl)s1. The van der Waals surface area contributed by atoms with Crippen LogP contribution in [0.4, 0.5) is 0 Å². The lowest BCUT2D eigenvalue weighted by molar-refractivity contribution is 0.745. The van der Waals surface area contributed by atoms with Gasteiger partial charge in [0.15, 0.2) is 0 Å². The summed E-state index contributed by atoms with van der Waals surface area (Å²) >= 11 is 9.55. The second-order valence-electron chi connectivity index (χ2n) is 3.66. The molecular weight excluding hydrogens is 258 g/mol. The lowest BCUT2D eigenvalue weighted by atomic mass is 10.1. The van der Waals surface area contributed by atoms with Crippen molar-refractivity contribution in [3.8, 4) is 0 Å². The largest absolute Gasteiger partial charge is 0.323 e. The quantitative estimate of drug-likeness (QED) is 0.883. The maximum atomic E-state index is 6.16. The normalized spacial score (nSPS) is 12.9. The molecule has 1 nitrogen and oxygen atoms in total. The van der Waals surface area contributed by atoms with Crippen molar-refractivity contribution in [3.63, 3.8) is 0 Å². The summed E-state index contributed by atoms with van der Waals surface area (Å²) in [6, 6.07) is 6.29. The van der Waals surface area contributed by atoms with E-state index < -0.39 is 0 Å². The Morgan fingerprint density at radius 3 is 2.62 bits per heavy atom. The van der Waals surface area contributed by atoms with Crippen LogP contribution in [0.15, 0.2) is 23.6 Å². The van der Waals surface area contributed by atoms with Crippen LogP contribution in [0.5, 0.6) is 0 Å². The fraction of sp³-hybridized carbons (Fsp3) is 0.333. The van der Waals surface area contributed by atoms with Crippen molar-refractivity contribution in [1.29, 1.82) is 0 Å². The zero-order valence-corrected chi connectivity index (χ0v) is 11.5. The number of rotatable bonds is 4. The molecule has 0 saturated carbocycles. The van der Waals surface area contributed by atoms with Gasteiger partial charge in [-0.05, 0) is 30.0 Å². The third kappa shape index (κ3) is 2.66. The molecule has 0 spiro atoms. The molecule has 4 heteroatoms. The summed E-state index contributed by atoms with van der Waals surface area (Å²) in [6.45, 7) is 2.17. The molecule has 2 heterocycles. The summed E-state index contributed by atoms with van der Waals surface area (Å²) in [5.74, 6) is 0. The highest BCUT2D eigenvalue weighted by molar-refractivity contribution is 7.12. The summed E-state index contributed by atoms with van der Waals surface area (Å²) in [4.78, 5) is 3.85. The molecule has 0 fully saturated rings. The highest BCUT2D eigenvalue weighted by atomic mass is 35.5. The predicted molar refractivity (Wildman–Crippen MR) is 73.7 cm³/mol. The average molecular weight is 272 g/mol. The molecule has 2 rings (SSSR count). The molecule has 0 saturated heterocycles. The standard InChI is InChI=1S/C12H14ClNS2/c1-2-8-3-4-9(16-8)7-11(14)12-10(13)5-6-15-12/h3-6,11H,2,7,14H2,1H3. The van der Waals surface area contributed by atoms with E-state index in [1.807, 2.05) is 22.8 Å². The maximum absolute atomic E-state index is 6.16. The third-order valence-corrected chi connectivity index (χ3v) is 5.21. The summed E-state index contributed by atoms with van der Waals surface area (Å²) in [5.41, 5.74) is 6.16. The van der Waals surface area contributed by atoms with Gasteiger partial charge in [0, 0.05) is 27.1 Å². The van der Waals surface area contributed by atoms with E-state index in [4.69, 9.17) is 17.3 Å². The Hall–Kier alpha value is -0.350. The van der Waals surface area contributed by atoms with Gasteiger partial charge in [0.05, 0.1) is 5.02 Å². The molecule has 1 unspecified atom stereocenters. The minimum atomic E-state index is 0.0239. The molecule has 2 N–H and O–H groups in total. The molecule has 0 aliphatic rings. The van der Waals surface area contributed by atoms with Crippen LogP contribution in [0.3, 0.4) is 0 Å². The van der Waals surface area contributed by atoms with E-state index in [1.54, 1.807) is 11.3 Å². The molecular formula is C12H14ClNS2. The van der Waals surface area contributed by atoms with Gasteiger partial charge in [0.1, 0.15) is 0 Å². The molecule has 16 heavy (non-hydrogen) atoms. The number of hydrogen-bond donors (Lipinski definition) is 1. The van der Waals surface area contributed by atoms with Crippen molar-refractivity contribution >= 4 is 34.3 Å². The first-order chi connectivity index (χ1) is 7.70. The summed E-state index contributed by atoms with van der Waals surface area (Å²) < 4.78 is 0. The minimum absolute atomic E-state index is 0.0239. The lowest BCUT2D eigenvalue weighted by Gasteiger charge is -2.08. The first-order valence-corrected chi connectivity index (χ1v) is 7.34.